The Labute approximate surface area is 238 Å². The number of likely N-dealkylation sites (N-methyl/N-ethyl adjacent to an activating group) is 1. The number of amides is 1. The first-order valence-corrected chi connectivity index (χ1v) is 14.7. The molecular formula is C28H35FN2O7S2. The first kappa shape index (κ1) is 31.7. The molecule has 2 atom stereocenters. The molecule has 40 heavy (non-hydrogen) atoms. The van der Waals surface area contributed by atoms with Crippen LogP contribution in [0.15, 0.2) is 65.6 Å². The fraction of sp³-hybridized carbons (Fsp3) is 0.393. The van der Waals surface area contributed by atoms with Crippen LogP contribution in [-0.2, 0) is 30.7 Å². The summed E-state index contributed by atoms with van der Waals surface area (Å²) in [6.07, 6.45) is -2.37. The smallest absolute Gasteiger partial charge is 0.412 e. The highest BCUT2D eigenvalue weighted by Gasteiger charge is 2.32. The Morgan fingerprint density at radius 3 is 2.38 bits per heavy atom. The molecule has 9 nitrogen and oxygen atoms in total. The number of nitrogens with one attached hydrogen (secondary N) is 1. The van der Waals surface area contributed by atoms with Gasteiger partial charge in [-0.15, -0.1) is 11.3 Å². The zero-order chi connectivity index (χ0) is 29.5. The first-order valence-electron chi connectivity index (χ1n) is 12.5. The summed E-state index contributed by atoms with van der Waals surface area (Å²) in [6, 6.07) is 16.2. The number of rotatable bonds is 12. The average molecular weight is 595 g/mol. The fourth-order valence-corrected chi connectivity index (χ4v) is 6.42. The van der Waals surface area contributed by atoms with Gasteiger partial charge >= 0.3 is 6.09 Å². The van der Waals surface area contributed by atoms with Gasteiger partial charge < -0.3 is 19.3 Å². The highest BCUT2D eigenvalue weighted by atomic mass is 32.2. The number of methoxy groups -OCH3 is 1. The number of aliphatic hydroxyl groups is 1. The maximum atomic E-state index is 13.8. The average Bonchev–Trinajstić information content (AvgIpc) is 3.31. The van der Waals surface area contributed by atoms with Crippen molar-refractivity contribution in [2.45, 2.75) is 49.9 Å². The molecule has 1 heterocycles. The molecular weight excluding hydrogens is 559 g/mol. The minimum absolute atomic E-state index is 0.0133. The van der Waals surface area contributed by atoms with Crippen LogP contribution in [0.25, 0.3) is 0 Å². The van der Waals surface area contributed by atoms with Gasteiger partial charge in [-0.2, -0.15) is 4.31 Å². The Morgan fingerprint density at radius 2 is 1.77 bits per heavy atom. The van der Waals surface area contributed by atoms with E-state index in [0.717, 1.165) is 21.2 Å². The molecule has 0 saturated carbocycles. The van der Waals surface area contributed by atoms with Gasteiger partial charge in [0, 0.05) is 32.0 Å². The Morgan fingerprint density at radius 1 is 1.12 bits per heavy atom. The number of benzene rings is 2. The van der Waals surface area contributed by atoms with E-state index in [9.17, 15) is 22.7 Å². The van der Waals surface area contributed by atoms with E-state index in [4.69, 9.17) is 14.2 Å². The van der Waals surface area contributed by atoms with Crippen LogP contribution in [0.4, 0.5) is 14.2 Å². The van der Waals surface area contributed by atoms with Crippen molar-refractivity contribution in [3.8, 4) is 0 Å². The Balaban J connectivity index is 1.94. The van der Waals surface area contributed by atoms with E-state index in [1.807, 2.05) is 30.3 Å². The quantitative estimate of drug-likeness (QED) is 0.267. The van der Waals surface area contributed by atoms with Gasteiger partial charge in [0.15, 0.2) is 0 Å². The van der Waals surface area contributed by atoms with E-state index in [-0.39, 0.29) is 29.7 Å². The summed E-state index contributed by atoms with van der Waals surface area (Å²) in [7, 11) is -1.41. The van der Waals surface area contributed by atoms with Crippen LogP contribution in [0.3, 0.4) is 0 Å². The van der Waals surface area contributed by atoms with Crippen molar-refractivity contribution in [3.63, 3.8) is 0 Å². The van der Waals surface area contributed by atoms with Crippen LogP contribution in [0.1, 0.15) is 49.0 Å². The van der Waals surface area contributed by atoms with E-state index >= 15 is 0 Å². The molecule has 0 aliphatic carbocycles. The van der Waals surface area contributed by atoms with Crippen LogP contribution in [0.2, 0.25) is 0 Å². The number of halogens is 1. The number of carbonyl (C=O) groups is 1. The Hall–Kier alpha value is -2.87. The number of nitrogens with zero attached hydrogens (tertiary/aromatic N) is 1. The summed E-state index contributed by atoms with van der Waals surface area (Å²) in [4.78, 5) is 12.8. The molecule has 3 aromatic rings. The van der Waals surface area contributed by atoms with Crippen LogP contribution in [-0.4, -0.2) is 57.0 Å². The highest BCUT2D eigenvalue weighted by molar-refractivity contribution is 7.89. The molecule has 3 rings (SSSR count). The second-order valence-corrected chi connectivity index (χ2v) is 13.2. The SMILES string of the molecule is COCOC(CN(C)S(=O)(=O)c1cc(C(O)Cc2ccccc2)sc1NC(=O)OC(C)(C)C)c1ccc(F)cc1. The van der Waals surface area contributed by atoms with E-state index in [1.54, 1.807) is 20.8 Å². The molecule has 0 aliphatic heterocycles. The maximum Gasteiger partial charge on any atom is 0.412 e. The van der Waals surface area contributed by atoms with Gasteiger partial charge in [0.1, 0.15) is 28.1 Å². The summed E-state index contributed by atoms with van der Waals surface area (Å²) >= 11 is 0.956. The number of thiophene rings is 1. The molecule has 0 spiro atoms. The summed E-state index contributed by atoms with van der Waals surface area (Å²) in [6.45, 7) is 4.82. The fourth-order valence-electron chi connectivity index (χ4n) is 3.75. The third-order valence-corrected chi connectivity index (χ3v) is 8.80. The number of aliphatic hydroxyl groups excluding tert-OH is 1. The number of anilines is 1. The molecule has 1 amide bonds. The zero-order valence-corrected chi connectivity index (χ0v) is 24.7. The van der Waals surface area contributed by atoms with Crippen molar-refractivity contribution in [2.75, 3.05) is 32.8 Å². The van der Waals surface area contributed by atoms with Crippen LogP contribution in [0.5, 0.6) is 0 Å². The molecule has 2 aromatic carbocycles. The van der Waals surface area contributed by atoms with Gasteiger partial charge in [-0.25, -0.2) is 17.6 Å². The van der Waals surface area contributed by atoms with E-state index in [1.165, 1.54) is 44.5 Å². The molecule has 0 saturated heterocycles. The molecule has 1 aromatic heterocycles. The largest absolute Gasteiger partial charge is 0.444 e. The molecule has 218 valence electrons. The van der Waals surface area contributed by atoms with E-state index in [2.05, 4.69) is 5.32 Å². The predicted octanol–water partition coefficient (Wildman–Crippen LogP) is 5.49. The van der Waals surface area contributed by atoms with Crippen LogP contribution < -0.4 is 5.32 Å². The molecule has 0 fully saturated rings. The van der Waals surface area contributed by atoms with Gasteiger partial charge in [-0.3, -0.25) is 5.32 Å². The number of sulfonamides is 1. The number of ether oxygens (including phenoxy) is 3. The Bertz CT molecular complexity index is 1360. The predicted molar refractivity (Wildman–Crippen MR) is 151 cm³/mol. The minimum atomic E-state index is -4.21. The second kappa shape index (κ2) is 13.7. The lowest BCUT2D eigenvalue weighted by Gasteiger charge is -2.24. The topological polar surface area (TPSA) is 114 Å². The summed E-state index contributed by atoms with van der Waals surface area (Å²) < 4.78 is 58.2. The standard InChI is InChI=1S/C28H35FN2O7S2/c1-28(2,3)38-27(33)30-26-25(16-24(39-26)22(32)15-19-9-7-6-8-10-19)40(34,35)31(4)17-23(37-18-36-5)20-11-13-21(29)14-12-20/h6-14,16,22-23,32H,15,17-18H2,1-5H3,(H,30,33). The molecule has 2 N–H and O–H groups in total. The van der Waals surface area contributed by atoms with Crippen LogP contribution >= 0.6 is 11.3 Å². The number of hydrogen-bond donors (Lipinski definition) is 2. The van der Waals surface area contributed by atoms with Crippen molar-refractivity contribution in [3.05, 3.63) is 82.5 Å². The van der Waals surface area contributed by atoms with Gasteiger partial charge in [0.2, 0.25) is 10.0 Å². The highest BCUT2D eigenvalue weighted by Crippen LogP contribution is 2.38. The minimum Gasteiger partial charge on any atom is -0.444 e. The third-order valence-electron chi connectivity index (χ3n) is 5.67. The van der Waals surface area contributed by atoms with Gasteiger partial charge in [0.25, 0.3) is 0 Å². The van der Waals surface area contributed by atoms with E-state index in [0.29, 0.717) is 10.4 Å². The normalized spacial score (nSPS) is 13.7. The monoisotopic (exact) mass is 594 g/mol. The molecule has 0 aliphatic rings. The molecule has 0 bridgehead atoms. The number of carbonyl (C=O) groups excluding carboxylic acids is 1. The first-order chi connectivity index (χ1) is 18.8. The summed E-state index contributed by atoms with van der Waals surface area (Å²) in [5.41, 5.74) is 0.606. The maximum absolute atomic E-state index is 13.8. The van der Waals surface area contributed by atoms with E-state index < -0.39 is 39.7 Å². The third kappa shape index (κ3) is 8.82. The van der Waals surface area contributed by atoms with Crippen molar-refractivity contribution in [2.24, 2.45) is 0 Å². The van der Waals surface area contributed by atoms with Gasteiger partial charge in [-0.1, -0.05) is 42.5 Å². The lowest BCUT2D eigenvalue weighted by molar-refractivity contribution is -0.0763. The molecule has 0 radical (unpaired) electrons. The van der Waals surface area contributed by atoms with Gasteiger partial charge in [-0.05, 0) is 50.1 Å². The summed E-state index contributed by atoms with van der Waals surface area (Å²) in [5, 5.41) is 13.5. The van der Waals surface area contributed by atoms with Gasteiger partial charge in [0.05, 0.1) is 12.2 Å². The van der Waals surface area contributed by atoms with Crippen molar-refractivity contribution >= 4 is 32.5 Å². The molecule has 12 heteroatoms. The van der Waals surface area contributed by atoms with Crippen LogP contribution in [0, 0.1) is 5.82 Å². The lowest BCUT2D eigenvalue weighted by atomic mass is 10.1. The molecule has 2 unspecified atom stereocenters. The van der Waals surface area contributed by atoms with Crippen molar-refractivity contribution in [1.29, 1.82) is 0 Å². The number of hydrogen-bond acceptors (Lipinski definition) is 8. The van der Waals surface area contributed by atoms with Crippen molar-refractivity contribution < 1.29 is 36.9 Å². The lowest BCUT2D eigenvalue weighted by Crippen LogP contribution is -2.33. The zero-order valence-electron chi connectivity index (χ0n) is 23.1. The Kier molecular flexibility index (Phi) is 10.8. The summed E-state index contributed by atoms with van der Waals surface area (Å²) in [5.74, 6) is -0.437. The van der Waals surface area contributed by atoms with Crippen molar-refractivity contribution in [1.82, 2.24) is 4.31 Å². The second-order valence-electron chi connectivity index (χ2n) is 10.1.